The number of nitrogens with zero attached hydrogens (tertiary/aromatic N) is 2. The highest BCUT2D eigenvalue weighted by atomic mass is 35.5. The second kappa shape index (κ2) is 11.6. The lowest BCUT2D eigenvalue weighted by molar-refractivity contribution is -0.385. The van der Waals surface area contributed by atoms with Crippen LogP contribution in [-0.2, 0) is 29.0 Å². The van der Waals surface area contributed by atoms with E-state index in [4.69, 9.17) is 23.2 Å². The Bertz CT molecular complexity index is 1190. The maximum Gasteiger partial charge on any atom is 0.273 e. The molecule has 0 spiro atoms. The Hall–Kier alpha value is -3.42. The monoisotopic (exact) mass is 499 g/mol. The summed E-state index contributed by atoms with van der Waals surface area (Å²) in [5.41, 5.74) is 1.66. The third-order valence-electron chi connectivity index (χ3n) is 5.38. The summed E-state index contributed by atoms with van der Waals surface area (Å²) in [4.78, 5) is 38.9. The van der Waals surface area contributed by atoms with Crippen molar-refractivity contribution in [1.82, 2.24) is 10.2 Å². The number of hydrogen-bond donors (Lipinski definition) is 1. The van der Waals surface area contributed by atoms with Crippen LogP contribution in [0.2, 0.25) is 10.0 Å². The number of nitro benzene ring substituents is 1. The number of benzene rings is 3. The Labute approximate surface area is 207 Å². The average molecular weight is 500 g/mol. The van der Waals surface area contributed by atoms with Gasteiger partial charge in [-0.15, -0.1) is 0 Å². The van der Waals surface area contributed by atoms with Crippen LogP contribution in [0.5, 0.6) is 0 Å². The van der Waals surface area contributed by atoms with Crippen LogP contribution in [0.15, 0.2) is 72.8 Å². The number of carbonyl (C=O) groups excluding carboxylic acids is 2. The second-order valence-corrected chi connectivity index (χ2v) is 8.47. The molecular weight excluding hydrogens is 477 g/mol. The third-order valence-corrected chi connectivity index (χ3v) is 6.12. The first-order valence-corrected chi connectivity index (χ1v) is 11.3. The van der Waals surface area contributed by atoms with E-state index in [1.54, 1.807) is 36.4 Å². The molecule has 0 aliphatic carbocycles. The summed E-state index contributed by atoms with van der Waals surface area (Å²) in [5.74, 6) is -0.773. The summed E-state index contributed by atoms with van der Waals surface area (Å²) >= 11 is 12.2. The van der Waals surface area contributed by atoms with Crippen molar-refractivity contribution in [3.8, 4) is 0 Å². The molecule has 2 amide bonds. The van der Waals surface area contributed by atoms with Crippen LogP contribution in [0.3, 0.4) is 0 Å². The standard InChI is InChI=1S/C25H23Cl2N3O4/c1-28-25(32)23(14-17-7-3-2-4-8-17)29(16-18-11-12-20(26)21(27)13-18)24(31)15-19-9-5-6-10-22(19)30(33)34/h2-13,23H,14-16H2,1H3,(H,28,32)/t23-/m1/s1. The molecule has 3 aromatic carbocycles. The average Bonchev–Trinajstić information content (AvgIpc) is 2.83. The zero-order valence-electron chi connectivity index (χ0n) is 18.4. The van der Waals surface area contributed by atoms with Crippen LogP contribution in [0.4, 0.5) is 5.69 Å². The number of para-hydroxylation sites is 1. The molecule has 0 aliphatic rings. The first-order valence-electron chi connectivity index (χ1n) is 10.5. The molecular formula is C25H23Cl2N3O4. The van der Waals surface area contributed by atoms with Crippen LogP contribution < -0.4 is 5.32 Å². The van der Waals surface area contributed by atoms with Gasteiger partial charge >= 0.3 is 0 Å². The van der Waals surface area contributed by atoms with E-state index in [0.29, 0.717) is 15.6 Å². The minimum absolute atomic E-state index is 0.0707. The molecule has 1 N–H and O–H groups in total. The van der Waals surface area contributed by atoms with E-state index in [2.05, 4.69) is 5.32 Å². The summed E-state index contributed by atoms with van der Waals surface area (Å²) in [7, 11) is 1.50. The molecule has 0 radical (unpaired) electrons. The van der Waals surface area contributed by atoms with E-state index in [0.717, 1.165) is 5.56 Å². The predicted molar refractivity (Wildman–Crippen MR) is 132 cm³/mol. The number of hydrogen-bond acceptors (Lipinski definition) is 4. The first-order chi connectivity index (χ1) is 16.3. The van der Waals surface area contributed by atoms with E-state index in [1.165, 1.54) is 18.0 Å². The molecule has 3 rings (SSSR count). The van der Waals surface area contributed by atoms with Crippen molar-refractivity contribution >= 4 is 40.7 Å². The van der Waals surface area contributed by atoms with Crippen LogP contribution >= 0.6 is 23.2 Å². The largest absolute Gasteiger partial charge is 0.357 e. The number of carbonyl (C=O) groups is 2. The van der Waals surface area contributed by atoms with Gasteiger partial charge in [0.1, 0.15) is 6.04 Å². The molecule has 34 heavy (non-hydrogen) atoms. The molecule has 0 saturated carbocycles. The molecule has 3 aromatic rings. The number of nitro groups is 1. The first kappa shape index (κ1) is 25.2. The summed E-state index contributed by atoms with van der Waals surface area (Å²) in [6.45, 7) is 0.0707. The summed E-state index contributed by atoms with van der Waals surface area (Å²) in [5, 5.41) is 14.8. The highest BCUT2D eigenvalue weighted by molar-refractivity contribution is 6.42. The molecule has 0 fully saturated rings. The molecule has 176 valence electrons. The lowest BCUT2D eigenvalue weighted by Crippen LogP contribution is -2.50. The van der Waals surface area contributed by atoms with E-state index in [-0.39, 0.29) is 36.5 Å². The van der Waals surface area contributed by atoms with Crippen molar-refractivity contribution in [1.29, 1.82) is 0 Å². The Kier molecular flexibility index (Phi) is 8.62. The maximum atomic E-state index is 13.6. The minimum Gasteiger partial charge on any atom is -0.357 e. The Morgan fingerprint density at radius 1 is 0.971 bits per heavy atom. The molecule has 1 atom stereocenters. The number of likely N-dealkylation sites (N-methyl/N-ethyl adjacent to an activating group) is 1. The van der Waals surface area contributed by atoms with E-state index in [1.807, 2.05) is 30.3 Å². The minimum atomic E-state index is -0.850. The summed E-state index contributed by atoms with van der Waals surface area (Å²) in [6.07, 6.45) is 0.0330. The van der Waals surface area contributed by atoms with E-state index < -0.39 is 16.9 Å². The zero-order valence-corrected chi connectivity index (χ0v) is 19.9. The molecule has 7 nitrogen and oxygen atoms in total. The van der Waals surface area contributed by atoms with Crippen LogP contribution in [0, 0.1) is 10.1 Å². The van der Waals surface area contributed by atoms with Crippen LogP contribution in [0.25, 0.3) is 0 Å². The van der Waals surface area contributed by atoms with Crippen molar-refractivity contribution in [2.24, 2.45) is 0 Å². The van der Waals surface area contributed by atoms with Gasteiger partial charge in [-0.05, 0) is 23.3 Å². The topological polar surface area (TPSA) is 92.6 Å². The van der Waals surface area contributed by atoms with Crippen molar-refractivity contribution < 1.29 is 14.5 Å². The van der Waals surface area contributed by atoms with Gasteiger partial charge in [0.05, 0.1) is 21.4 Å². The molecule has 0 aliphatic heterocycles. The van der Waals surface area contributed by atoms with Gasteiger partial charge in [0.25, 0.3) is 5.69 Å². The molecule has 9 heteroatoms. The molecule has 0 bridgehead atoms. The van der Waals surface area contributed by atoms with E-state index in [9.17, 15) is 19.7 Å². The molecule has 0 aromatic heterocycles. The maximum absolute atomic E-state index is 13.6. The highest BCUT2D eigenvalue weighted by Gasteiger charge is 2.31. The highest BCUT2D eigenvalue weighted by Crippen LogP contribution is 2.25. The Morgan fingerprint density at radius 3 is 2.29 bits per heavy atom. The Morgan fingerprint density at radius 2 is 1.65 bits per heavy atom. The van der Waals surface area contributed by atoms with Crippen LogP contribution in [0.1, 0.15) is 16.7 Å². The van der Waals surface area contributed by atoms with Gasteiger partial charge in [0.2, 0.25) is 11.8 Å². The van der Waals surface area contributed by atoms with Crippen molar-refractivity contribution in [2.75, 3.05) is 7.05 Å². The summed E-state index contributed by atoms with van der Waals surface area (Å²) in [6, 6.07) is 19.5. The number of nitrogens with one attached hydrogen (secondary N) is 1. The second-order valence-electron chi connectivity index (χ2n) is 7.65. The summed E-state index contributed by atoms with van der Waals surface area (Å²) < 4.78 is 0. The van der Waals surface area contributed by atoms with Gasteiger partial charge < -0.3 is 10.2 Å². The van der Waals surface area contributed by atoms with Crippen molar-refractivity contribution in [2.45, 2.75) is 25.4 Å². The van der Waals surface area contributed by atoms with E-state index >= 15 is 0 Å². The van der Waals surface area contributed by atoms with Gasteiger partial charge in [0, 0.05) is 31.6 Å². The van der Waals surface area contributed by atoms with Gasteiger partial charge in [-0.25, -0.2) is 0 Å². The fraction of sp³-hybridized carbons (Fsp3) is 0.200. The lowest BCUT2D eigenvalue weighted by atomic mass is 10.0. The van der Waals surface area contributed by atoms with Crippen molar-refractivity contribution in [3.63, 3.8) is 0 Å². The predicted octanol–water partition coefficient (Wildman–Crippen LogP) is 4.83. The number of amides is 2. The lowest BCUT2D eigenvalue weighted by Gasteiger charge is -2.31. The Balaban J connectivity index is 2.00. The SMILES string of the molecule is CNC(=O)[C@@H](Cc1ccccc1)N(Cc1ccc(Cl)c(Cl)c1)C(=O)Cc1ccccc1[N+](=O)[O-]. The van der Waals surface area contributed by atoms with Gasteiger partial charge in [-0.1, -0.05) is 77.8 Å². The molecule has 0 unspecified atom stereocenters. The fourth-order valence-corrected chi connectivity index (χ4v) is 3.98. The third kappa shape index (κ3) is 6.34. The van der Waals surface area contributed by atoms with Gasteiger partial charge in [0.15, 0.2) is 0 Å². The van der Waals surface area contributed by atoms with Gasteiger partial charge in [-0.2, -0.15) is 0 Å². The normalized spacial score (nSPS) is 11.5. The quantitative estimate of drug-likeness (QED) is 0.337. The number of halogens is 2. The van der Waals surface area contributed by atoms with Gasteiger partial charge in [-0.3, -0.25) is 19.7 Å². The molecule has 0 saturated heterocycles. The number of rotatable bonds is 9. The van der Waals surface area contributed by atoms with Crippen molar-refractivity contribution in [3.05, 3.63) is 110 Å². The smallest absolute Gasteiger partial charge is 0.273 e. The molecule has 0 heterocycles. The fourth-order valence-electron chi connectivity index (χ4n) is 3.66. The zero-order chi connectivity index (χ0) is 24.7. The van der Waals surface area contributed by atoms with Crippen LogP contribution in [-0.4, -0.2) is 34.7 Å².